The van der Waals surface area contributed by atoms with Crippen molar-refractivity contribution in [3.05, 3.63) is 71.8 Å². The van der Waals surface area contributed by atoms with Crippen molar-refractivity contribution in [3.8, 4) is 11.5 Å². The highest BCUT2D eigenvalue weighted by Gasteiger charge is 2.11. The van der Waals surface area contributed by atoms with Crippen molar-refractivity contribution in [3.63, 3.8) is 0 Å². The highest BCUT2D eigenvalue weighted by molar-refractivity contribution is 5.88. The molecule has 0 spiro atoms. The molecule has 0 radical (unpaired) electrons. The SMILES string of the molecule is COc1ccc2ccc(O)c(CN(C)Cc3ccccc3)c2c1. The molecule has 0 amide bonds. The van der Waals surface area contributed by atoms with E-state index in [1.807, 2.05) is 42.5 Å². The molecule has 0 saturated carbocycles. The van der Waals surface area contributed by atoms with E-state index in [4.69, 9.17) is 4.74 Å². The van der Waals surface area contributed by atoms with Crippen LogP contribution < -0.4 is 4.74 Å². The number of phenols is 1. The number of rotatable bonds is 5. The molecule has 0 bridgehead atoms. The van der Waals surface area contributed by atoms with Crippen LogP contribution in [0.2, 0.25) is 0 Å². The Labute approximate surface area is 136 Å². The van der Waals surface area contributed by atoms with Crippen LogP contribution in [0, 0.1) is 0 Å². The molecule has 0 saturated heterocycles. The maximum atomic E-state index is 10.3. The van der Waals surface area contributed by atoms with Gasteiger partial charge in [-0.1, -0.05) is 42.5 Å². The number of hydrogen-bond donors (Lipinski definition) is 1. The lowest BCUT2D eigenvalue weighted by Crippen LogP contribution is -2.17. The summed E-state index contributed by atoms with van der Waals surface area (Å²) in [5.41, 5.74) is 2.19. The zero-order valence-corrected chi connectivity index (χ0v) is 13.5. The van der Waals surface area contributed by atoms with Gasteiger partial charge in [-0.3, -0.25) is 4.90 Å². The Bertz CT molecular complexity index is 799. The maximum absolute atomic E-state index is 10.3. The molecule has 1 N–H and O–H groups in total. The third kappa shape index (κ3) is 3.46. The largest absolute Gasteiger partial charge is 0.508 e. The summed E-state index contributed by atoms with van der Waals surface area (Å²) in [4.78, 5) is 2.20. The van der Waals surface area contributed by atoms with Gasteiger partial charge in [0, 0.05) is 18.7 Å². The van der Waals surface area contributed by atoms with Crippen LogP contribution in [-0.2, 0) is 13.1 Å². The standard InChI is InChI=1S/C20H21NO2/c1-21(13-15-6-4-3-5-7-15)14-19-18-12-17(23-2)10-8-16(18)9-11-20(19)22/h3-12,22H,13-14H2,1-2H3. The van der Waals surface area contributed by atoms with Gasteiger partial charge < -0.3 is 9.84 Å². The molecular formula is C20H21NO2. The summed E-state index contributed by atoms with van der Waals surface area (Å²) in [6, 6.07) is 20.0. The number of phenolic OH excluding ortho intramolecular Hbond substituents is 1. The number of nitrogens with zero attached hydrogens (tertiary/aromatic N) is 1. The minimum Gasteiger partial charge on any atom is -0.508 e. The first-order chi connectivity index (χ1) is 11.2. The van der Waals surface area contributed by atoms with Gasteiger partial charge in [-0.05, 0) is 41.6 Å². The number of methoxy groups -OCH3 is 1. The monoisotopic (exact) mass is 307 g/mol. The Morgan fingerprint density at radius 1 is 0.957 bits per heavy atom. The third-order valence-electron chi connectivity index (χ3n) is 4.04. The highest BCUT2D eigenvalue weighted by Crippen LogP contribution is 2.31. The molecule has 0 atom stereocenters. The zero-order chi connectivity index (χ0) is 16.2. The van der Waals surface area contributed by atoms with E-state index in [1.165, 1.54) is 5.56 Å². The van der Waals surface area contributed by atoms with E-state index in [-0.39, 0.29) is 0 Å². The van der Waals surface area contributed by atoms with Crippen molar-refractivity contribution in [1.82, 2.24) is 4.90 Å². The van der Waals surface area contributed by atoms with E-state index >= 15 is 0 Å². The summed E-state index contributed by atoms with van der Waals surface area (Å²) in [6.07, 6.45) is 0. The first kappa shape index (κ1) is 15.4. The highest BCUT2D eigenvalue weighted by atomic mass is 16.5. The topological polar surface area (TPSA) is 32.7 Å². The number of fused-ring (bicyclic) bond motifs is 1. The van der Waals surface area contributed by atoms with Crippen LogP contribution in [0.1, 0.15) is 11.1 Å². The van der Waals surface area contributed by atoms with Gasteiger partial charge in [-0.15, -0.1) is 0 Å². The average molecular weight is 307 g/mol. The smallest absolute Gasteiger partial charge is 0.120 e. The van der Waals surface area contributed by atoms with Gasteiger partial charge >= 0.3 is 0 Å². The van der Waals surface area contributed by atoms with Crippen molar-refractivity contribution in [2.24, 2.45) is 0 Å². The van der Waals surface area contributed by atoms with Gasteiger partial charge in [0.05, 0.1) is 7.11 Å². The fourth-order valence-electron chi connectivity index (χ4n) is 2.86. The molecule has 0 heterocycles. The quantitative estimate of drug-likeness (QED) is 0.767. The van der Waals surface area contributed by atoms with E-state index in [0.29, 0.717) is 12.3 Å². The van der Waals surface area contributed by atoms with Crippen LogP contribution in [-0.4, -0.2) is 24.2 Å². The minimum absolute atomic E-state index is 0.325. The van der Waals surface area contributed by atoms with Crippen LogP contribution in [0.5, 0.6) is 11.5 Å². The summed E-state index contributed by atoms with van der Waals surface area (Å²) in [5.74, 6) is 1.13. The Morgan fingerprint density at radius 2 is 1.70 bits per heavy atom. The van der Waals surface area contributed by atoms with E-state index in [1.54, 1.807) is 13.2 Å². The Hall–Kier alpha value is -2.52. The van der Waals surface area contributed by atoms with Gasteiger partial charge in [-0.2, -0.15) is 0 Å². The fourth-order valence-corrected chi connectivity index (χ4v) is 2.86. The predicted molar refractivity (Wildman–Crippen MR) is 93.8 cm³/mol. The Morgan fingerprint density at radius 3 is 2.43 bits per heavy atom. The van der Waals surface area contributed by atoms with Gasteiger partial charge in [0.1, 0.15) is 11.5 Å². The molecule has 3 aromatic rings. The van der Waals surface area contributed by atoms with E-state index < -0.39 is 0 Å². The number of ether oxygens (including phenoxy) is 1. The molecule has 3 nitrogen and oxygen atoms in total. The second kappa shape index (κ2) is 6.71. The van der Waals surface area contributed by atoms with Crippen molar-refractivity contribution in [2.45, 2.75) is 13.1 Å². The van der Waals surface area contributed by atoms with Crippen molar-refractivity contribution in [1.29, 1.82) is 0 Å². The van der Waals surface area contributed by atoms with Crippen molar-refractivity contribution >= 4 is 10.8 Å². The second-order valence-electron chi connectivity index (χ2n) is 5.81. The molecule has 3 aromatic carbocycles. The van der Waals surface area contributed by atoms with Gasteiger partial charge in [0.15, 0.2) is 0 Å². The first-order valence-corrected chi connectivity index (χ1v) is 7.68. The van der Waals surface area contributed by atoms with E-state index in [2.05, 4.69) is 24.1 Å². The second-order valence-corrected chi connectivity index (χ2v) is 5.81. The first-order valence-electron chi connectivity index (χ1n) is 7.68. The molecular weight excluding hydrogens is 286 g/mol. The fraction of sp³-hybridized carbons (Fsp3) is 0.200. The molecule has 3 heteroatoms. The molecule has 118 valence electrons. The average Bonchev–Trinajstić information content (AvgIpc) is 2.58. The summed E-state index contributed by atoms with van der Waals surface area (Å²) in [6.45, 7) is 1.51. The Balaban J connectivity index is 1.90. The lowest BCUT2D eigenvalue weighted by Gasteiger charge is -2.19. The molecule has 0 fully saturated rings. The third-order valence-corrected chi connectivity index (χ3v) is 4.04. The molecule has 23 heavy (non-hydrogen) atoms. The zero-order valence-electron chi connectivity index (χ0n) is 13.5. The van der Waals surface area contributed by atoms with E-state index in [0.717, 1.165) is 28.6 Å². The molecule has 0 aliphatic carbocycles. The summed E-state index contributed by atoms with van der Waals surface area (Å²) in [5, 5.41) is 12.5. The normalized spacial score (nSPS) is 11.1. The summed E-state index contributed by atoms with van der Waals surface area (Å²) in [7, 11) is 3.72. The van der Waals surface area contributed by atoms with Crippen LogP contribution in [0.4, 0.5) is 0 Å². The van der Waals surface area contributed by atoms with E-state index in [9.17, 15) is 5.11 Å². The number of aromatic hydroxyl groups is 1. The Kier molecular flexibility index (Phi) is 4.49. The van der Waals surface area contributed by atoms with Gasteiger partial charge in [-0.25, -0.2) is 0 Å². The predicted octanol–water partition coefficient (Wildman–Crippen LogP) is 4.19. The van der Waals surface area contributed by atoms with Crippen LogP contribution in [0.15, 0.2) is 60.7 Å². The molecule has 0 aromatic heterocycles. The van der Waals surface area contributed by atoms with Gasteiger partial charge in [0.25, 0.3) is 0 Å². The molecule has 0 unspecified atom stereocenters. The van der Waals surface area contributed by atoms with Crippen LogP contribution >= 0.6 is 0 Å². The van der Waals surface area contributed by atoms with Gasteiger partial charge in [0.2, 0.25) is 0 Å². The van der Waals surface area contributed by atoms with Crippen molar-refractivity contribution < 1.29 is 9.84 Å². The lowest BCUT2D eigenvalue weighted by molar-refractivity contribution is 0.314. The summed E-state index contributed by atoms with van der Waals surface area (Å²) < 4.78 is 5.32. The number of benzene rings is 3. The lowest BCUT2D eigenvalue weighted by atomic mass is 10.0. The maximum Gasteiger partial charge on any atom is 0.120 e. The van der Waals surface area contributed by atoms with Crippen LogP contribution in [0.3, 0.4) is 0 Å². The molecule has 0 aliphatic heterocycles. The molecule has 0 aliphatic rings. The number of hydrogen-bond acceptors (Lipinski definition) is 3. The van der Waals surface area contributed by atoms with Crippen LogP contribution in [0.25, 0.3) is 10.8 Å². The molecule has 3 rings (SSSR count). The van der Waals surface area contributed by atoms with Crippen molar-refractivity contribution in [2.75, 3.05) is 14.2 Å². The summed E-state index contributed by atoms with van der Waals surface area (Å²) >= 11 is 0. The minimum atomic E-state index is 0.325.